The van der Waals surface area contributed by atoms with Crippen LogP contribution >= 0.6 is 0 Å². The third-order valence-electron chi connectivity index (χ3n) is 5.11. The quantitative estimate of drug-likeness (QED) is 0.814. The van der Waals surface area contributed by atoms with E-state index in [4.69, 9.17) is 4.98 Å². The van der Waals surface area contributed by atoms with E-state index < -0.39 is 5.69 Å². The van der Waals surface area contributed by atoms with Crippen molar-refractivity contribution >= 4 is 17.1 Å². The Hall–Kier alpha value is -2.05. The van der Waals surface area contributed by atoms with Crippen molar-refractivity contribution in [2.24, 2.45) is 7.05 Å². The maximum atomic E-state index is 12.5. The first kappa shape index (κ1) is 17.8. The molecule has 1 aliphatic rings. The molecule has 0 bridgehead atoms. The van der Waals surface area contributed by atoms with Gasteiger partial charge in [-0.3, -0.25) is 14.3 Å². The number of nitrogens with one attached hydrogen (secondary N) is 1. The fraction of sp³-hybridized carbons (Fsp3) is 0.722. The Morgan fingerprint density at radius 3 is 2.44 bits per heavy atom. The van der Waals surface area contributed by atoms with E-state index in [-0.39, 0.29) is 5.56 Å². The molecule has 3 heterocycles. The van der Waals surface area contributed by atoms with E-state index in [0.717, 1.165) is 51.3 Å². The highest BCUT2D eigenvalue weighted by Gasteiger charge is 2.22. The number of aromatic nitrogens is 4. The maximum absolute atomic E-state index is 12.5. The molecule has 138 valence electrons. The highest BCUT2D eigenvalue weighted by Crippen LogP contribution is 2.23. The minimum absolute atomic E-state index is 0.331. The summed E-state index contributed by atoms with van der Waals surface area (Å²) in [5.41, 5.74) is 0.277. The maximum Gasteiger partial charge on any atom is 0.329 e. The number of unbranched alkanes of at least 4 members (excludes halogenated alkanes) is 3. The molecule has 0 saturated carbocycles. The molecule has 0 atom stereocenters. The van der Waals surface area contributed by atoms with Crippen molar-refractivity contribution in [3.8, 4) is 0 Å². The van der Waals surface area contributed by atoms with Gasteiger partial charge in [-0.1, -0.05) is 39.0 Å². The largest absolute Gasteiger partial charge is 0.342 e. The summed E-state index contributed by atoms with van der Waals surface area (Å²) in [4.78, 5) is 33.9. The van der Waals surface area contributed by atoms with Gasteiger partial charge in [0.2, 0.25) is 5.95 Å². The molecule has 0 amide bonds. The molecule has 0 spiro atoms. The lowest BCUT2D eigenvalue weighted by Gasteiger charge is -2.22. The summed E-state index contributed by atoms with van der Waals surface area (Å²) < 4.78 is 3.48. The van der Waals surface area contributed by atoms with Crippen LogP contribution in [0, 0.1) is 0 Å². The second-order valence-corrected chi connectivity index (χ2v) is 7.02. The summed E-state index contributed by atoms with van der Waals surface area (Å²) >= 11 is 0. The lowest BCUT2D eigenvalue weighted by atomic mass is 10.2. The van der Waals surface area contributed by atoms with Gasteiger partial charge in [-0.2, -0.15) is 4.98 Å². The van der Waals surface area contributed by atoms with Gasteiger partial charge in [-0.25, -0.2) is 4.79 Å². The number of fused-ring (bicyclic) bond motifs is 1. The van der Waals surface area contributed by atoms with Crippen LogP contribution in [-0.4, -0.2) is 32.2 Å². The van der Waals surface area contributed by atoms with Crippen LogP contribution in [0.5, 0.6) is 0 Å². The number of hydrogen-bond acceptors (Lipinski definition) is 4. The molecule has 7 nitrogen and oxygen atoms in total. The van der Waals surface area contributed by atoms with Crippen LogP contribution in [0.25, 0.3) is 11.2 Å². The number of imidazole rings is 1. The number of anilines is 1. The number of H-pyrrole nitrogens is 1. The predicted octanol–water partition coefficient (Wildman–Crippen LogP) is 2.38. The van der Waals surface area contributed by atoms with Gasteiger partial charge in [0, 0.05) is 26.7 Å². The third-order valence-corrected chi connectivity index (χ3v) is 5.11. The number of aromatic amines is 1. The summed E-state index contributed by atoms with van der Waals surface area (Å²) in [6, 6.07) is 0. The van der Waals surface area contributed by atoms with Crippen LogP contribution in [0.3, 0.4) is 0 Å². The molecule has 3 rings (SSSR count). The molecular formula is C18H29N5O2. The van der Waals surface area contributed by atoms with Crippen LogP contribution in [0.1, 0.15) is 58.3 Å². The van der Waals surface area contributed by atoms with E-state index in [1.807, 2.05) is 4.57 Å². The lowest BCUT2D eigenvalue weighted by Crippen LogP contribution is -2.30. The summed E-state index contributed by atoms with van der Waals surface area (Å²) in [6.07, 6.45) is 9.31. The number of hydrogen-bond donors (Lipinski definition) is 1. The van der Waals surface area contributed by atoms with Crippen LogP contribution in [-0.2, 0) is 13.6 Å². The molecule has 7 heteroatoms. The molecule has 0 aliphatic carbocycles. The molecule has 25 heavy (non-hydrogen) atoms. The van der Waals surface area contributed by atoms with Crippen molar-refractivity contribution in [2.75, 3.05) is 18.0 Å². The van der Waals surface area contributed by atoms with Crippen LogP contribution < -0.4 is 16.1 Å². The average molecular weight is 347 g/mol. The SMILES string of the molecule is CCCCCCn1c(N2CCCCCC2)nc2c1c(=O)[nH]c(=O)n2C. The normalized spacial score (nSPS) is 15.7. The molecule has 1 saturated heterocycles. The average Bonchev–Trinajstić information content (AvgIpc) is 2.78. The van der Waals surface area contributed by atoms with Gasteiger partial charge in [0.1, 0.15) is 0 Å². The van der Waals surface area contributed by atoms with Gasteiger partial charge in [0.25, 0.3) is 5.56 Å². The van der Waals surface area contributed by atoms with Crippen molar-refractivity contribution in [1.82, 2.24) is 19.1 Å². The first-order chi connectivity index (χ1) is 12.1. The minimum Gasteiger partial charge on any atom is -0.342 e. The van der Waals surface area contributed by atoms with E-state index in [0.29, 0.717) is 11.2 Å². The molecule has 0 unspecified atom stereocenters. The highest BCUT2D eigenvalue weighted by atomic mass is 16.2. The molecule has 0 radical (unpaired) electrons. The third kappa shape index (κ3) is 3.65. The zero-order chi connectivity index (χ0) is 17.8. The van der Waals surface area contributed by atoms with Gasteiger partial charge < -0.3 is 9.47 Å². The van der Waals surface area contributed by atoms with Gasteiger partial charge in [-0.05, 0) is 19.3 Å². The topological polar surface area (TPSA) is 75.9 Å². The second-order valence-electron chi connectivity index (χ2n) is 7.02. The summed E-state index contributed by atoms with van der Waals surface area (Å²) in [6.45, 7) is 4.88. The van der Waals surface area contributed by atoms with Crippen LogP contribution in [0.15, 0.2) is 9.59 Å². The smallest absolute Gasteiger partial charge is 0.329 e. The Balaban J connectivity index is 2.06. The number of nitrogens with zero attached hydrogens (tertiary/aromatic N) is 4. The Morgan fingerprint density at radius 2 is 1.76 bits per heavy atom. The summed E-state index contributed by atoms with van der Waals surface area (Å²) in [5.74, 6) is 0.847. The predicted molar refractivity (Wildman–Crippen MR) is 100 cm³/mol. The zero-order valence-electron chi connectivity index (χ0n) is 15.4. The van der Waals surface area contributed by atoms with Crippen molar-refractivity contribution in [1.29, 1.82) is 0 Å². The fourth-order valence-electron chi connectivity index (χ4n) is 3.64. The van der Waals surface area contributed by atoms with Crippen molar-refractivity contribution in [2.45, 2.75) is 64.8 Å². The van der Waals surface area contributed by atoms with Gasteiger partial charge >= 0.3 is 5.69 Å². The Labute approximate surface area is 147 Å². The molecule has 1 aliphatic heterocycles. The molecule has 1 fully saturated rings. The highest BCUT2D eigenvalue weighted by molar-refractivity contribution is 5.74. The molecule has 1 N–H and O–H groups in total. The molecule has 0 aromatic carbocycles. The van der Waals surface area contributed by atoms with Gasteiger partial charge in [0.05, 0.1) is 0 Å². The monoisotopic (exact) mass is 347 g/mol. The molecule has 2 aromatic rings. The second kappa shape index (κ2) is 7.89. The lowest BCUT2D eigenvalue weighted by molar-refractivity contribution is 0.582. The van der Waals surface area contributed by atoms with E-state index in [9.17, 15) is 9.59 Å². The first-order valence-corrected chi connectivity index (χ1v) is 9.58. The van der Waals surface area contributed by atoms with E-state index in [1.54, 1.807) is 7.05 Å². The molecular weight excluding hydrogens is 318 g/mol. The first-order valence-electron chi connectivity index (χ1n) is 9.58. The fourth-order valence-corrected chi connectivity index (χ4v) is 3.64. The minimum atomic E-state index is -0.407. The van der Waals surface area contributed by atoms with E-state index >= 15 is 0 Å². The summed E-state index contributed by atoms with van der Waals surface area (Å²) in [7, 11) is 1.67. The van der Waals surface area contributed by atoms with E-state index in [2.05, 4.69) is 16.8 Å². The number of rotatable bonds is 6. The zero-order valence-corrected chi connectivity index (χ0v) is 15.4. The van der Waals surface area contributed by atoms with Crippen molar-refractivity contribution in [3.05, 3.63) is 20.8 Å². The van der Waals surface area contributed by atoms with E-state index in [1.165, 1.54) is 30.3 Å². The van der Waals surface area contributed by atoms with Crippen molar-refractivity contribution in [3.63, 3.8) is 0 Å². The Bertz CT molecular complexity index is 824. The Morgan fingerprint density at radius 1 is 1.04 bits per heavy atom. The van der Waals surface area contributed by atoms with Crippen LogP contribution in [0.2, 0.25) is 0 Å². The Kier molecular flexibility index (Phi) is 5.60. The number of aryl methyl sites for hydroxylation is 2. The molecule has 2 aromatic heterocycles. The van der Waals surface area contributed by atoms with Crippen molar-refractivity contribution < 1.29 is 0 Å². The summed E-state index contributed by atoms with van der Waals surface area (Å²) in [5, 5.41) is 0. The standard InChI is InChI=1S/C18H29N5O2/c1-3-4-5-10-13-23-14-15(21(2)18(25)20-16(14)24)19-17(23)22-11-8-6-7-9-12-22/h3-13H2,1-2H3,(H,20,24,25). The van der Waals surface area contributed by atoms with Crippen LogP contribution in [0.4, 0.5) is 5.95 Å². The van der Waals surface area contributed by atoms with Gasteiger partial charge in [-0.15, -0.1) is 0 Å². The van der Waals surface area contributed by atoms with Gasteiger partial charge in [0.15, 0.2) is 11.2 Å².